The summed E-state index contributed by atoms with van der Waals surface area (Å²) in [6.07, 6.45) is 1.83. The predicted molar refractivity (Wildman–Crippen MR) is 97.4 cm³/mol. The quantitative estimate of drug-likeness (QED) is 0.637. The lowest BCUT2D eigenvalue weighted by atomic mass is 10.1. The third-order valence-corrected chi connectivity index (χ3v) is 4.18. The van der Waals surface area contributed by atoms with Gasteiger partial charge in [0.15, 0.2) is 0 Å². The Bertz CT molecular complexity index is 1050. The fourth-order valence-corrected chi connectivity index (χ4v) is 2.88. The lowest BCUT2D eigenvalue weighted by Crippen LogP contribution is -2.17. The van der Waals surface area contributed by atoms with E-state index in [0.29, 0.717) is 11.4 Å². The summed E-state index contributed by atoms with van der Waals surface area (Å²) in [5.74, 6) is -2.95. The van der Waals surface area contributed by atoms with E-state index in [9.17, 15) is 14.4 Å². The number of rotatable bonds is 5. The van der Waals surface area contributed by atoms with Crippen molar-refractivity contribution in [3.63, 3.8) is 0 Å². The summed E-state index contributed by atoms with van der Waals surface area (Å²) in [7, 11) is 0. The SMILES string of the molecule is Cc1nc2c(C)cccn2c1CC(=O)Nc1cc(C(=O)O)cc(C(=O)O)c1. The van der Waals surface area contributed by atoms with Crippen LogP contribution in [-0.4, -0.2) is 37.4 Å². The van der Waals surface area contributed by atoms with Crippen LogP contribution in [0.25, 0.3) is 5.65 Å². The zero-order chi connectivity index (χ0) is 19.7. The minimum Gasteiger partial charge on any atom is -0.478 e. The molecule has 138 valence electrons. The Morgan fingerprint density at radius 2 is 1.70 bits per heavy atom. The standard InChI is InChI=1S/C19H17N3O5/c1-10-4-3-5-22-15(11(2)20-17(10)22)9-16(23)21-14-7-12(18(24)25)6-13(8-14)19(26)27/h3-8H,9H2,1-2H3,(H,21,23)(H,24,25)(H,26,27). The summed E-state index contributed by atoms with van der Waals surface area (Å²) >= 11 is 0. The number of anilines is 1. The lowest BCUT2D eigenvalue weighted by molar-refractivity contribution is -0.115. The molecule has 0 fully saturated rings. The molecule has 3 aromatic rings. The number of carbonyl (C=O) groups excluding carboxylic acids is 1. The van der Waals surface area contributed by atoms with Crippen LogP contribution in [0.1, 0.15) is 37.7 Å². The highest BCUT2D eigenvalue weighted by Gasteiger charge is 2.16. The molecule has 8 heteroatoms. The van der Waals surface area contributed by atoms with Crippen LogP contribution in [0.2, 0.25) is 0 Å². The number of nitrogens with one attached hydrogen (secondary N) is 1. The topological polar surface area (TPSA) is 121 Å². The molecule has 2 heterocycles. The molecule has 1 aromatic carbocycles. The molecule has 0 bridgehead atoms. The van der Waals surface area contributed by atoms with Crippen molar-refractivity contribution in [3.8, 4) is 0 Å². The number of carboxylic acid groups (broad SMARTS) is 2. The Balaban J connectivity index is 1.89. The van der Waals surface area contributed by atoms with Crippen molar-refractivity contribution >= 4 is 29.2 Å². The van der Waals surface area contributed by atoms with Crippen LogP contribution in [0, 0.1) is 13.8 Å². The van der Waals surface area contributed by atoms with Crippen LogP contribution in [0.5, 0.6) is 0 Å². The van der Waals surface area contributed by atoms with Gasteiger partial charge in [0.1, 0.15) is 5.65 Å². The van der Waals surface area contributed by atoms with Gasteiger partial charge in [-0.05, 0) is 43.7 Å². The molecule has 0 aliphatic carbocycles. The Morgan fingerprint density at radius 3 is 2.30 bits per heavy atom. The first kappa shape index (κ1) is 18.1. The first-order chi connectivity index (χ1) is 12.8. The van der Waals surface area contributed by atoms with Crippen molar-refractivity contribution in [1.82, 2.24) is 9.38 Å². The number of benzene rings is 1. The van der Waals surface area contributed by atoms with Gasteiger partial charge >= 0.3 is 11.9 Å². The molecule has 0 unspecified atom stereocenters. The molecule has 3 rings (SSSR count). The maximum absolute atomic E-state index is 12.5. The third kappa shape index (κ3) is 3.64. The number of hydrogen-bond acceptors (Lipinski definition) is 4. The van der Waals surface area contributed by atoms with Crippen molar-refractivity contribution < 1.29 is 24.6 Å². The maximum Gasteiger partial charge on any atom is 0.335 e. The zero-order valence-corrected chi connectivity index (χ0v) is 14.7. The number of aromatic carboxylic acids is 2. The fraction of sp³-hybridized carbons (Fsp3) is 0.158. The number of pyridine rings is 1. The number of hydrogen-bond donors (Lipinski definition) is 3. The monoisotopic (exact) mass is 367 g/mol. The van der Waals surface area contributed by atoms with Crippen LogP contribution < -0.4 is 5.32 Å². The number of imidazole rings is 1. The van der Waals surface area contributed by atoms with E-state index >= 15 is 0 Å². The molecule has 0 saturated carbocycles. The molecule has 0 atom stereocenters. The number of aryl methyl sites for hydroxylation is 2. The Kier molecular flexibility index (Phi) is 4.64. The highest BCUT2D eigenvalue weighted by molar-refractivity contribution is 5.98. The molecule has 0 radical (unpaired) electrons. The number of fused-ring (bicyclic) bond motifs is 1. The van der Waals surface area contributed by atoms with Gasteiger partial charge in [-0.25, -0.2) is 14.6 Å². The number of aromatic nitrogens is 2. The average molecular weight is 367 g/mol. The first-order valence-electron chi connectivity index (χ1n) is 8.11. The summed E-state index contributed by atoms with van der Waals surface area (Å²) in [5.41, 5.74) is 2.84. The van der Waals surface area contributed by atoms with E-state index in [1.807, 2.05) is 36.6 Å². The van der Waals surface area contributed by atoms with Crippen LogP contribution in [0.15, 0.2) is 36.5 Å². The van der Waals surface area contributed by atoms with E-state index in [4.69, 9.17) is 10.2 Å². The van der Waals surface area contributed by atoms with Crippen molar-refractivity contribution in [1.29, 1.82) is 0 Å². The highest BCUT2D eigenvalue weighted by Crippen LogP contribution is 2.18. The number of amides is 1. The molecule has 1 amide bonds. The molecule has 0 spiro atoms. The van der Waals surface area contributed by atoms with Crippen molar-refractivity contribution in [2.75, 3.05) is 5.32 Å². The number of nitrogens with zero attached hydrogens (tertiary/aromatic N) is 2. The Hall–Kier alpha value is -3.68. The normalized spacial score (nSPS) is 10.7. The van der Waals surface area contributed by atoms with Crippen molar-refractivity contribution in [3.05, 3.63) is 64.6 Å². The molecule has 2 aromatic heterocycles. The van der Waals surface area contributed by atoms with Gasteiger partial charge in [-0.1, -0.05) is 6.07 Å². The largest absolute Gasteiger partial charge is 0.478 e. The molecule has 8 nitrogen and oxygen atoms in total. The van der Waals surface area contributed by atoms with Crippen LogP contribution in [-0.2, 0) is 11.2 Å². The van der Waals surface area contributed by atoms with Gasteiger partial charge in [0.2, 0.25) is 5.91 Å². The molecular weight excluding hydrogens is 350 g/mol. The summed E-state index contributed by atoms with van der Waals surface area (Å²) in [5, 5.41) is 20.8. The molecule has 0 aliphatic heterocycles. The average Bonchev–Trinajstić information content (AvgIpc) is 2.92. The second kappa shape index (κ2) is 6.91. The van der Waals surface area contributed by atoms with Gasteiger partial charge in [-0.2, -0.15) is 0 Å². The summed E-state index contributed by atoms with van der Waals surface area (Å²) in [6, 6.07) is 7.27. The first-order valence-corrected chi connectivity index (χ1v) is 8.11. The van der Waals surface area contributed by atoms with Gasteiger partial charge in [-0.15, -0.1) is 0 Å². The molecular formula is C19H17N3O5. The summed E-state index contributed by atoms with van der Waals surface area (Å²) in [6.45, 7) is 3.74. The van der Waals surface area contributed by atoms with Gasteiger partial charge in [-0.3, -0.25) is 4.79 Å². The minimum atomic E-state index is -1.28. The molecule has 0 aliphatic rings. The summed E-state index contributed by atoms with van der Waals surface area (Å²) < 4.78 is 1.83. The highest BCUT2D eigenvalue weighted by atomic mass is 16.4. The Labute approximate surface area is 154 Å². The van der Waals surface area contributed by atoms with Crippen molar-refractivity contribution in [2.45, 2.75) is 20.3 Å². The second-order valence-corrected chi connectivity index (χ2v) is 6.16. The number of carbonyl (C=O) groups is 3. The van der Waals surface area contributed by atoms with Gasteiger partial charge in [0.05, 0.1) is 28.9 Å². The van der Waals surface area contributed by atoms with Crippen molar-refractivity contribution in [2.24, 2.45) is 0 Å². The summed E-state index contributed by atoms with van der Waals surface area (Å²) in [4.78, 5) is 39.3. The lowest BCUT2D eigenvalue weighted by Gasteiger charge is -2.09. The van der Waals surface area contributed by atoms with Crippen LogP contribution in [0.3, 0.4) is 0 Å². The van der Waals surface area contributed by atoms with E-state index in [1.54, 1.807) is 0 Å². The smallest absolute Gasteiger partial charge is 0.335 e. The minimum absolute atomic E-state index is 0.0101. The van der Waals surface area contributed by atoms with E-state index in [2.05, 4.69) is 10.3 Å². The van der Waals surface area contributed by atoms with Gasteiger partial charge in [0.25, 0.3) is 0 Å². The van der Waals surface area contributed by atoms with Crippen LogP contribution >= 0.6 is 0 Å². The molecule has 0 saturated heterocycles. The second-order valence-electron chi connectivity index (χ2n) is 6.16. The van der Waals surface area contributed by atoms with E-state index in [1.165, 1.54) is 12.1 Å². The van der Waals surface area contributed by atoms with E-state index < -0.39 is 17.8 Å². The maximum atomic E-state index is 12.5. The van der Waals surface area contributed by atoms with E-state index in [-0.39, 0.29) is 23.2 Å². The third-order valence-electron chi connectivity index (χ3n) is 4.18. The number of carboxylic acids is 2. The van der Waals surface area contributed by atoms with Gasteiger partial charge < -0.3 is 19.9 Å². The fourth-order valence-electron chi connectivity index (χ4n) is 2.88. The van der Waals surface area contributed by atoms with Gasteiger partial charge in [0, 0.05) is 11.9 Å². The predicted octanol–water partition coefficient (Wildman–Crippen LogP) is 2.53. The Morgan fingerprint density at radius 1 is 1.07 bits per heavy atom. The zero-order valence-electron chi connectivity index (χ0n) is 14.7. The molecule has 3 N–H and O–H groups in total. The van der Waals surface area contributed by atoms with E-state index in [0.717, 1.165) is 17.3 Å². The molecule has 27 heavy (non-hydrogen) atoms. The van der Waals surface area contributed by atoms with Crippen LogP contribution in [0.4, 0.5) is 5.69 Å².